The third kappa shape index (κ3) is 3.98. The first-order valence-electron chi connectivity index (χ1n) is 11.0. The van der Waals surface area contributed by atoms with Gasteiger partial charge in [-0.15, -0.1) is 0 Å². The molecular weight excluding hydrogens is 468 g/mol. The second-order valence-corrected chi connectivity index (χ2v) is 7.84. The first-order chi connectivity index (χ1) is 17.6. The summed E-state index contributed by atoms with van der Waals surface area (Å²) in [5.74, 6) is 3.14. The van der Waals surface area contributed by atoms with Crippen molar-refractivity contribution in [1.29, 1.82) is 0 Å². The van der Waals surface area contributed by atoms with Crippen LogP contribution in [-0.2, 0) is 6.61 Å². The zero-order valence-corrected chi connectivity index (χ0v) is 20.2. The molecule has 0 aliphatic carbocycles. The lowest BCUT2D eigenvalue weighted by Crippen LogP contribution is -2.07. The highest BCUT2D eigenvalue weighted by Crippen LogP contribution is 2.52. The molecule has 0 unspecified atom stereocenters. The van der Waals surface area contributed by atoms with E-state index in [1.54, 1.807) is 25.3 Å². The van der Waals surface area contributed by atoms with Crippen LogP contribution < -0.4 is 38.6 Å². The van der Waals surface area contributed by atoms with E-state index in [1.165, 1.54) is 27.6 Å². The Labute approximate surface area is 206 Å². The molecule has 1 aliphatic heterocycles. The van der Waals surface area contributed by atoms with Crippen molar-refractivity contribution >= 4 is 11.0 Å². The van der Waals surface area contributed by atoms with Gasteiger partial charge >= 0.3 is 0 Å². The molecule has 1 aromatic heterocycles. The highest BCUT2D eigenvalue weighted by Gasteiger charge is 2.29. The van der Waals surface area contributed by atoms with Gasteiger partial charge in [-0.1, -0.05) is 12.1 Å². The van der Waals surface area contributed by atoms with E-state index >= 15 is 0 Å². The smallest absolute Gasteiger partial charge is 0.231 e. The Morgan fingerprint density at radius 1 is 0.778 bits per heavy atom. The summed E-state index contributed by atoms with van der Waals surface area (Å²) in [5.41, 5.74) is 1.71. The van der Waals surface area contributed by atoms with Crippen LogP contribution in [0.3, 0.4) is 0 Å². The molecule has 0 amide bonds. The van der Waals surface area contributed by atoms with Gasteiger partial charge in [-0.3, -0.25) is 4.79 Å². The number of fused-ring (bicyclic) bond motifs is 2. The van der Waals surface area contributed by atoms with Crippen LogP contribution in [0.2, 0.25) is 0 Å². The van der Waals surface area contributed by atoms with Crippen LogP contribution in [0.5, 0.6) is 40.2 Å². The molecule has 3 aromatic carbocycles. The van der Waals surface area contributed by atoms with Crippen LogP contribution in [0.1, 0.15) is 5.56 Å². The van der Waals surface area contributed by atoms with Gasteiger partial charge in [0.15, 0.2) is 23.0 Å². The first kappa shape index (κ1) is 23.2. The summed E-state index contributed by atoms with van der Waals surface area (Å²) in [4.78, 5) is 13.7. The van der Waals surface area contributed by atoms with Gasteiger partial charge in [-0.25, -0.2) is 0 Å². The predicted octanol–water partition coefficient (Wildman–Crippen LogP) is 4.80. The van der Waals surface area contributed by atoms with Gasteiger partial charge in [0.1, 0.15) is 24.2 Å². The van der Waals surface area contributed by atoms with Crippen LogP contribution in [0.25, 0.3) is 22.1 Å². The molecule has 0 radical (unpaired) electrons. The summed E-state index contributed by atoms with van der Waals surface area (Å²) in [5, 5.41) is 0.316. The van der Waals surface area contributed by atoms with Crippen molar-refractivity contribution in [3.8, 4) is 51.4 Å². The lowest BCUT2D eigenvalue weighted by Gasteiger charge is -2.15. The van der Waals surface area contributed by atoms with Crippen LogP contribution >= 0.6 is 0 Å². The van der Waals surface area contributed by atoms with E-state index in [1.807, 2.05) is 24.3 Å². The molecule has 0 saturated heterocycles. The molecule has 0 atom stereocenters. The summed E-state index contributed by atoms with van der Waals surface area (Å²) < 4.78 is 44.6. The highest BCUT2D eigenvalue weighted by molar-refractivity contribution is 5.87. The van der Waals surface area contributed by atoms with Crippen molar-refractivity contribution in [1.82, 2.24) is 0 Å². The third-order valence-corrected chi connectivity index (χ3v) is 5.89. The molecule has 36 heavy (non-hydrogen) atoms. The van der Waals surface area contributed by atoms with Crippen LogP contribution in [0.4, 0.5) is 0 Å². The van der Waals surface area contributed by atoms with Crippen molar-refractivity contribution in [3.05, 3.63) is 64.5 Å². The maximum atomic E-state index is 13.7. The van der Waals surface area contributed by atoms with Gasteiger partial charge in [-0.05, 0) is 29.8 Å². The molecule has 5 rings (SSSR count). The molecule has 0 N–H and O–H groups in total. The fourth-order valence-corrected chi connectivity index (χ4v) is 4.05. The molecule has 2 heterocycles. The monoisotopic (exact) mass is 492 g/mol. The minimum absolute atomic E-state index is 0.0204. The number of hydrogen-bond acceptors (Lipinski definition) is 9. The Bertz CT molecular complexity index is 1470. The largest absolute Gasteiger partial charge is 0.497 e. The lowest BCUT2D eigenvalue weighted by molar-refractivity contribution is 0.168. The summed E-state index contributed by atoms with van der Waals surface area (Å²) in [6.45, 7) is 0.288. The van der Waals surface area contributed by atoms with Gasteiger partial charge in [0.05, 0.1) is 39.4 Å². The summed E-state index contributed by atoms with van der Waals surface area (Å²) in [6, 6.07) is 12.4. The van der Waals surface area contributed by atoms with Crippen LogP contribution in [-0.4, -0.2) is 35.2 Å². The summed E-state index contributed by atoms with van der Waals surface area (Å²) >= 11 is 0. The quantitative estimate of drug-likeness (QED) is 0.344. The predicted molar refractivity (Wildman–Crippen MR) is 131 cm³/mol. The Morgan fingerprint density at radius 3 is 2.22 bits per heavy atom. The SMILES string of the molecule is COc1ccc(COc2cc3c(=O)c(-c4cc(OC)c5c(c4OC)OCO5)coc3cc2OC)cc1. The first-order valence-corrected chi connectivity index (χ1v) is 11.0. The molecular formula is C27H24O9. The van der Waals surface area contributed by atoms with Crippen molar-refractivity contribution in [2.75, 3.05) is 35.2 Å². The second kappa shape index (κ2) is 9.61. The second-order valence-electron chi connectivity index (χ2n) is 7.84. The van der Waals surface area contributed by atoms with Gasteiger partial charge in [0.25, 0.3) is 0 Å². The molecule has 0 spiro atoms. The van der Waals surface area contributed by atoms with Crippen molar-refractivity contribution in [2.45, 2.75) is 6.61 Å². The van der Waals surface area contributed by atoms with Crippen LogP contribution in [0.15, 0.2) is 57.9 Å². The zero-order valence-electron chi connectivity index (χ0n) is 20.2. The Morgan fingerprint density at radius 2 is 1.53 bits per heavy atom. The Hall–Kier alpha value is -4.53. The van der Waals surface area contributed by atoms with Gasteiger partial charge in [0, 0.05) is 11.6 Å². The van der Waals surface area contributed by atoms with Crippen LogP contribution in [0, 0.1) is 0 Å². The van der Waals surface area contributed by atoms with E-state index in [0.717, 1.165) is 11.3 Å². The number of methoxy groups -OCH3 is 4. The van der Waals surface area contributed by atoms with Crippen molar-refractivity contribution in [3.63, 3.8) is 0 Å². The molecule has 1 aliphatic rings. The van der Waals surface area contributed by atoms with Crippen molar-refractivity contribution in [2.24, 2.45) is 0 Å². The Kier molecular flexibility index (Phi) is 6.20. The van der Waals surface area contributed by atoms with E-state index in [4.69, 9.17) is 37.6 Å². The molecule has 9 heteroatoms. The molecule has 0 bridgehead atoms. The average molecular weight is 492 g/mol. The van der Waals surface area contributed by atoms with Gasteiger partial charge in [-0.2, -0.15) is 0 Å². The summed E-state index contributed by atoms with van der Waals surface area (Å²) in [6.07, 6.45) is 1.38. The fourth-order valence-electron chi connectivity index (χ4n) is 4.05. The van der Waals surface area contributed by atoms with Gasteiger partial charge < -0.3 is 37.6 Å². The standard InChI is InChI=1S/C27H24O9/c1-29-16-7-5-15(6-8-16)12-33-22-10-18-20(11-21(22)30-2)34-13-19(24(18)28)17-9-23(31-3)26-27(25(17)32-4)36-14-35-26/h5-11,13H,12,14H2,1-4H3. The zero-order chi connectivity index (χ0) is 25.2. The number of rotatable bonds is 8. The van der Waals surface area contributed by atoms with E-state index in [9.17, 15) is 4.79 Å². The maximum Gasteiger partial charge on any atom is 0.231 e. The van der Waals surface area contributed by atoms with E-state index in [2.05, 4.69) is 0 Å². The van der Waals surface area contributed by atoms with Crippen molar-refractivity contribution < 1.29 is 37.6 Å². The number of hydrogen-bond donors (Lipinski definition) is 0. The molecule has 0 fully saturated rings. The third-order valence-electron chi connectivity index (χ3n) is 5.89. The van der Waals surface area contributed by atoms with E-state index in [0.29, 0.717) is 51.0 Å². The molecule has 186 valence electrons. The lowest BCUT2D eigenvalue weighted by atomic mass is 10.0. The number of ether oxygens (including phenoxy) is 7. The fraction of sp³-hybridized carbons (Fsp3) is 0.222. The highest BCUT2D eigenvalue weighted by atomic mass is 16.7. The van der Waals surface area contributed by atoms with Gasteiger partial charge in [0.2, 0.25) is 23.7 Å². The molecule has 9 nitrogen and oxygen atoms in total. The summed E-state index contributed by atoms with van der Waals surface area (Å²) in [7, 11) is 6.14. The topological polar surface area (TPSA) is 94.8 Å². The normalized spacial score (nSPS) is 11.9. The molecule has 4 aromatic rings. The Balaban J connectivity index is 1.58. The van der Waals surface area contributed by atoms with E-state index < -0.39 is 0 Å². The number of benzene rings is 3. The van der Waals surface area contributed by atoms with E-state index in [-0.39, 0.29) is 24.4 Å². The molecule has 0 saturated carbocycles. The minimum atomic E-state index is -0.285. The maximum absolute atomic E-state index is 13.7. The average Bonchev–Trinajstić information content (AvgIpc) is 3.41. The minimum Gasteiger partial charge on any atom is -0.497 e.